The van der Waals surface area contributed by atoms with Gasteiger partial charge in [0, 0.05) is 21.2 Å². The van der Waals surface area contributed by atoms with Gasteiger partial charge in [-0.1, -0.05) is 30.3 Å². The van der Waals surface area contributed by atoms with Gasteiger partial charge in [-0.3, -0.25) is 4.79 Å². The van der Waals surface area contributed by atoms with E-state index < -0.39 is 17.6 Å². The summed E-state index contributed by atoms with van der Waals surface area (Å²) in [4.78, 5) is 28.9. The average Bonchev–Trinajstić information content (AvgIpc) is 3.13. The molecule has 0 fully saturated rings. The number of rotatable bonds is 7. The monoisotopic (exact) mass is 555 g/mol. The average molecular weight is 555 g/mol. The fraction of sp³-hybridized carbons (Fsp3) is 0.120. The molecule has 33 heavy (non-hydrogen) atoms. The molecule has 1 atom stereocenters. The molecule has 4 aromatic rings. The Balaban J connectivity index is 1.73. The van der Waals surface area contributed by atoms with Gasteiger partial charge in [-0.05, 0) is 76.7 Å². The number of carbonyl (C=O) groups excluding carboxylic acids is 1. The molecular formula is C25H22IN3O4. The number of aromatic nitrogens is 2. The molecule has 4 rings (SSSR count). The van der Waals surface area contributed by atoms with Crippen LogP contribution in [-0.4, -0.2) is 27.7 Å². The number of hydrogen-bond acceptors (Lipinski definition) is 4. The standard InChI is InChI=1S/C25H22IN3O4/c1-33-20-13-7-17(8-14-20)22-24(31)29(25(32)28-22)21(15-16-5-3-2-4-6-16)23(30)27-19-11-9-18(26)10-12-19/h2-14,21,31H,15H2,1H3,(H,27,30)(H,28,32)/t21-/m0/s1. The van der Waals surface area contributed by atoms with Crippen molar-refractivity contribution in [3.8, 4) is 22.9 Å². The molecule has 168 valence electrons. The van der Waals surface area contributed by atoms with Crippen molar-refractivity contribution in [2.75, 3.05) is 12.4 Å². The lowest BCUT2D eigenvalue weighted by atomic mass is 10.0. The quantitative estimate of drug-likeness (QED) is 0.291. The number of aromatic amines is 1. The largest absolute Gasteiger partial charge is 0.497 e. The first-order chi connectivity index (χ1) is 16.0. The third kappa shape index (κ3) is 5.11. The molecule has 0 saturated carbocycles. The number of aromatic hydroxyl groups is 1. The Morgan fingerprint density at radius 1 is 1.06 bits per heavy atom. The van der Waals surface area contributed by atoms with E-state index in [9.17, 15) is 14.7 Å². The topological polar surface area (TPSA) is 96.4 Å². The van der Waals surface area contributed by atoms with Crippen molar-refractivity contribution in [1.29, 1.82) is 0 Å². The van der Waals surface area contributed by atoms with E-state index in [0.717, 1.165) is 13.7 Å². The molecule has 0 spiro atoms. The summed E-state index contributed by atoms with van der Waals surface area (Å²) in [6.07, 6.45) is 0.227. The number of nitrogens with zero attached hydrogens (tertiary/aromatic N) is 1. The van der Waals surface area contributed by atoms with Crippen LogP contribution in [0.5, 0.6) is 11.6 Å². The first-order valence-electron chi connectivity index (χ1n) is 10.2. The molecule has 1 aromatic heterocycles. The highest BCUT2D eigenvalue weighted by Crippen LogP contribution is 2.31. The zero-order valence-corrected chi connectivity index (χ0v) is 19.9. The number of methoxy groups -OCH3 is 1. The number of H-pyrrole nitrogens is 1. The summed E-state index contributed by atoms with van der Waals surface area (Å²) >= 11 is 2.19. The van der Waals surface area contributed by atoms with Crippen LogP contribution in [0.3, 0.4) is 0 Å². The summed E-state index contributed by atoms with van der Waals surface area (Å²) in [7, 11) is 1.56. The van der Waals surface area contributed by atoms with Gasteiger partial charge in [0.05, 0.1) is 7.11 Å². The minimum atomic E-state index is -0.970. The summed E-state index contributed by atoms with van der Waals surface area (Å²) in [6, 6.07) is 22.7. The van der Waals surface area contributed by atoms with Gasteiger partial charge < -0.3 is 20.1 Å². The van der Waals surface area contributed by atoms with E-state index in [0.29, 0.717) is 17.0 Å². The molecule has 0 unspecified atom stereocenters. The van der Waals surface area contributed by atoms with Crippen LogP contribution >= 0.6 is 22.6 Å². The second kappa shape index (κ2) is 9.95. The lowest BCUT2D eigenvalue weighted by Crippen LogP contribution is -2.33. The molecule has 0 aliphatic heterocycles. The molecule has 0 aliphatic carbocycles. The van der Waals surface area contributed by atoms with E-state index in [2.05, 4.69) is 32.9 Å². The number of amides is 1. The second-order valence-corrected chi connectivity index (χ2v) is 8.67. The van der Waals surface area contributed by atoms with E-state index in [1.807, 2.05) is 42.5 Å². The lowest BCUT2D eigenvalue weighted by Gasteiger charge is -2.19. The number of anilines is 1. The number of halogens is 1. The highest BCUT2D eigenvalue weighted by molar-refractivity contribution is 14.1. The maximum Gasteiger partial charge on any atom is 0.329 e. The van der Waals surface area contributed by atoms with Crippen molar-refractivity contribution in [3.05, 3.63) is 98.5 Å². The van der Waals surface area contributed by atoms with Gasteiger partial charge in [0.1, 0.15) is 17.5 Å². The first-order valence-corrected chi connectivity index (χ1v) is 11.3. The number of carbonyl (C=O) groups is 1. The molecule has 0 aliphatic rings. The maximum atomic E-state index is 13.3. The van der Waals surface area contributed by atoms with Gasteiger partial charge in [-0.15, -0.1) is 0 Å². The van der Waals surface area contributed by atoms with Crippen LogP contribution in [0.15, 0.2) is 83.7 Å². The molecule has 3 aromatic carbocycles. The number of imidazole rings is 1. The molecule has 8 heteroatoms. The Labute approximate surface area is 204 Å². The molecule has 1 amide bonds. The number of benzene rings is 3. The van der Waals surface area contributed by atoms with Crippen molar-refractivity contribution < 1.29 is 14.6 Å². The van der Waals surface area contributed by atoms with Gasteiger partial charge >= 0.3 is 5.69 Å². The summed E-state index contributed by atoms with van der Waals surface area (Å²) in [5.74, 6) is -0.0551. The highest BCUT2D eigenvalue weighted by Gasteiger charge is 2.28. The zero-order chi connectivity index (χ0) is 23.4. The van der Waals surface area contributed by atoms with Crippen LogP contribution in [0.4, 0.5) is 5.69 Å². The van der Waals surface area contributed by atoms with E-state index in [-0.39, 0.29) is 18.0 Å². The van der Waals surface area contributed by atoms with Gasteiger partial charge in [0.15, 0.2) is 0 Å². The normalized spacial score (nSPS) is 11.7. The second-order valence-electron chi connectivity index (χ2n) is 7.43. The van der Waals surface area contributed by atoms with Crippen molar-refractivity contribution in [2.45, 2.75) is 12.5 Å². The van der Waals surface area contributed by atoms with Crippen LogP contribution in [0, 0.1) is 3.57 Å². The van der Waals surface area contributed by atoms with Crippen LogP contribution in [0.25, 0.3) is 11.3 Å². The zero-order valence-electron chi connectivity index (χ0n) is 17.8. The van der Waals surface area contributed by atoms with Crippen LogP contribution < -0.4 is 15.7 Å². The fourth-order valence-corrected chi connectivity index (χ4v) is 3.94. The molecule has 1 heterocycles. The van der Waals surface area contributed by atoms with Crippen LogP contribution in [0.1, 0.15) is 11.6 Å². The number of ether oxygens (including phenoxy) is 1. The van der Waals surface area contributed by atoms with Gasteiger partial charge in [-0.2, -0.15) is 0 Å². The number of hydrogen-bond donors (Lipinski definition) is 3. The molecule has 0 radical (unpaired) electrons. The first kappa shape index (κ1) is 22.7. The molecule has 0 saturated heterocycles. The third-order valence-electron chi connectivity index (χ3n) is 5.28. The molecule has 7 nitrogen and oxygen atoms in total. The summed E-state index contributed by atoms with van der Waals surface area (Å²) in [6.45, 7) is 0. The Morgan fingerprint density at radius 2 is 1.73 bits per heavy atom. The summed E-state index contributed by atoms with van der Waals surface area (Å²) < 4.78 is 7.31. The Bertz CT molecular complexity index is 1300. The maximum absolute atomic E-state index is 13.3. The Kier molecular flexibility index (Phi) is 6.83. The van der Waals surface area contributed by atoms with Crippen molar-refractivity contribution in [1.82, 2.24) is 9.55 Å². The summed E-state index contributed by atoms with van der Waals surface area (Å²) in [5.41, 5.74) is 1.73. The highest BCUT2D eigenvalue weighted by atomic mass is 127. The Hall–Kier alpha value is -3.53. The van der Waals surface area contributed by atoms with Gasteiger partial charge in [0.2, 0.25) is 11.8 Å². The SMILES string of the molecule is COc1ccc(-c2[nH]c(=O)n([C@@H](Cc3ccccc3)C(=O)Nc3ccc(I)cc3)c2O)cc1. The minimum absolute atomic E-state index is 0.227. The van der Waals surface area contributed by atoms with E-state index >= 15 is 0 Å². The van der Waals surface area contributed by atoms with E-state index in [1.54, 1.807) is 43.5 Å². The number of nitrogens with one attached hydrogen (secondary N) is 2. The van der Waals surface area contributed by atoms with Crippen LogP contribution in [-0.2, 0) is 11.2 Å². The fourth-order valence-electron chi connectivity index (χ4n) is 3.59. The predicted octanol–water partition coefficient (Wildman–Crippen LogP) is 4.58. The summed E-state index contributed by atoms with van der Waals surface area (Å²) in [5, 5.41) is 13.9. The molecule has 3 N–H and O–H groups in total. The van der Waals surface area contributed by atoms with Crippen molar-refractivity contribution >= 4 is 34.2 Å². The third-order valence-corrected chi connectivity index (χ3v) is 6.00. The molecular weight excluding hydrogens is 533 g/mol. The van der Waals surface area contributed by atoms with E-state index in [1.165, 1.54) is 0 Å². The van der Waals surface area contributed by atoms with E-state index in [4.69, 9.17) is 4.74 Å². The lowest BCUT2D eigenvalue weighted by molar-refractivity contribution is -0.119. The van der Waals surface area contributed by atoms with Gasteiger partial charge in [0.25, 0.3) is 0 Å². The van der Waals surface area contributed by atoms with Gasteiger partial charge in [-0.25, -0.2) is 9.36 Å². The molecule has 0 bridgehead atoms. The minimum Gasteiger partial charge on any atom is -0.497 e. The Morgan fingerprint density at radius 3 is 2.36 bits per heavy atom. The van der Waals surface area contributed by atoms with Crippen LogP contribution in [0.2, 0.25) is 0 Å². The van der Waals surface area contributed by atoms with Crippen molar-refractivity contribution in [2.24, 2.45) is 0 Å². The smallest absolute Gasteiger partial charge is 0.329 e. The van der Waals surface area contributed by atoms with Crippen molar-refractivity contribution in [3.63, 3.8) is 0 Å². The predicted molar refractivity (Wildman–Crippen MR) is 136 cm³/mol.